The lowest BCUT2D eigenvalue weighted by atomic mass is 10.2. The standard InChI is InChI=1S/C9H12N2O2/c1-6-3-4-7(5-8(6)12)11(2)9(10)13/h3-5,12H,1-2H3,(H2,10,13). The number of carbonyl (C=O) groups is 1. The molecule has 0 aromatic heterocycles. The van der Waals surface area contributed by atoms with E-state index in [-0.39, 0.29) is 5.75 Å². The van der Waals surface area contributed by atoms with Crippen molar-refractivity contribution in [2.75, 3.05) is 11.9 Å². The van der Waals surface area contributed by atoms with Gasteiger partial charge < -0.3 is 10.8 Å². The van der Waals surface area contributed by atoms with Crippen molar-refractivity contribution < 1.29 is 9.90 Å². The van der Waals surface area contributed by atoms with Gasteiger partial charge in [0.15, 0.2) is 0 Å². The number of aryl methyl sites for hydroxylation is 1. The second-order valence-corrected chi connectivity index (χ2v) is 2.87. The number of urea groups is 1. The number of amides is 2. The first-order valence-corrected chi connectivity index (χ1v) is 3.85. The van der Waals surface area contributed by atoms with Crippen LogP contribution in [-0.4, -0.2) is 18.2 Å². The molecular formula is C9H12N2O2. The minimum Gasteiger partial charge on any atom is -0.508 e. The molecule has 0 saturated carbocycles. The van der Waals surface area contributed by atoms with Crippen LogP contribution < -0.4 is 10.6 Å². The van der Waals surface area contributed by atoms with Gasteiger partial charge in [-0.3, -0.25) is 4.90 Å². The molecule has 4 nitrogen and oxygen atoms in total. The number of hydrogen-bond acceptors (Lipinski definition) is 2. The molecule has 0 aliphatic carbocycles. The van der Waals surface area contributed by atoms with Gasteiger partial charge in [0.05, 0.1) is 0 Å². The van der Waals surface area contributed by atoms with E-state index >= 15 is 0 Å². The van der Waals surface area contributed by atoms with Gasteiger partial charge in [-0.2, -0.15) is 0 Å². The molecule has 0 saturated heterocycles. The van der Waals surface area contributed by atoms with Crippen molar-refractivity contribution in [3.63, 3.8) is 0 Å². The van der Waals surface area contributed by atoms with Crippen molar-refractivity contribution in [3.8, 4) is 5.75 Å². The maximum absolute atomic E-state index is 10.8. The molecule has 3 N–H and O–H groups in total. The lowest BCUT2D eigenvalue weighted by Crippen LogP contribution is -2.31. The summed E-state index contributed by atoms with van der Waals surface area (Å²) in [5.41, 5.74) is 6.41. The Morgan fingerprint density at radius 1 is 1.54 bits per heavy atom. The SMILES string of the molecule is Cc1ccc(N(C)C(N)=O)cc1O. The first-order valence-electron chi connectivity index (χ1n) is 3.85. The van der Waals surface area contributed by atoms with Gasteiger partial charge in [0.1, 0.15) is 5.75 Å². The number of anilines is 1. The van der Waals surface area contributed by atoms with E-state index < -0.39 is 6.03 Å². The lowest BCUT2D eigenvalue weighted by Gasteiger charge is -2.14. The first-order chi connectivity index (χ1) is 6.02. The van der Waals surface area contributed by atoms with Crippen LogP contribution in [0.5, 0.6) is 5.75 Å². The topological polar surface area (TPSA) is 66.6 Å². The summed E-state index contributed by atoms with van der Waals surface area (Å²) in [5, 5.41) is 9.35. The molecule has 0 atom stereocenters. The van der Waals surface area contributed by atoms with E-state index in [0.717, 1.165) is 5.56 Å². The van der Waals surface area contributed by atoms with E-state index in [2.05, 4.69) is 0 Å². The Balaban J connectivity index is 3.03. The summed E-state index contributed by atoms with van der Waals surface area (Å²) in [4.78, 5) is 12.0. The zero-order chi connectivity index (χ0) is 10.0. The van der Waals surface area contributed by atoms with Gasteiger partial charge in [0.25, 0.3) is 0 Å². The van der Waals surface area contributed by atoms with E-state index in [1.54, 1.807) is 26.1 Å². The number of nitrogens with zero attached hydrogens (tertiary/aromatic N) is 1. The quantitative estimate of drug-likeness (QED) is 0.682. The van der Waals surface area contributed by atoms with Crippen LogP contribution in [0.3, 0.4) is 0 Å². The number of aromatic hydroxyl groups is 1. The zero-order valence-corrected chi connectivity index (χ0v) is 7.61. The van der Waals surface area contributed by atoms with Crippen molar-refractivity contribution in [2.24, 2.45) is 5.73 Å². The first kappa shape index (κ1) is 9.38. The van der Waals surface area contributed by atoms with E-state index in [4.69, 9.17) is 5.73 Å². The lowest BCUT2D eigenvalue weighted by molar-refractivity contribution is 0.255. The van der Waals surface area contributed by atoms with Crippen molar-refractivity contribution in [2.45, 2.75) is 6.92 Å². The number of benzene rings is 1. The highest BCUT2D eigenvalue weighted by molar-refractivity contribution is 5.90. The Kier molecular flexibility index (Phi) is 2.41. The Hall–Kier alpha value is -1.71. The third-order valence-corrected chi connectivity index (χ3v) is 1.91. The predicted octanol–water partition coefficient (Wildman–Crippen LogP) is 1.22. The van der Waals surface area contributed by atoms with E-state index in [9.17, 15) is 9.90 Å². The monoisotopic (exact) mass is 180 g/mol. The van der Waals surface area contributed by atoms with Crippen LogP contribution in [0.4, 0.5) is 10.5 Å². The molecule has 70 valence electrons. The normalized spacial score (nSPS) is 9.69. The van der Waals surface area contributed by atoms with Crippen molar-refractivity contribution in [1.29, 1.82) is 0 Å². The molecule has 4 heteroatoms. The Bertz CT molecular complexity index is 336. The molecule has 1 aromatic carbocycles. The summed E-state index contributed by atoms with van der Waals surface area (Å²) in [6.45, 7) is 1.78. The number of primary amides is 1. The van der Waals surface area contributed by atoms with Crippen LogP contribution in [0.25, 0.3) is 0 Å². The van der Waals surface area contributed by atoms with Gasteiger partial charge in [-0.05, 0) is 18.6 Å². The molecule has 0 bridgehead atoms. The fourth-order valence-electron chi connectivity index (χ4n) is 0.934. The molecule has 0 radical (unpaired) electrons. The molecule has 1 rings (SSSR count). The fraction of sp³-hybridized carbons (Fsp3) is 0.222. The van der Waals surface area contributed by atoms with Crippen LogP contribution in [0.1, 0.15) is 5.56 Å². The van der Waals surface area contributed by atoms with Crippen LogP contribution in [0, 0.1) is 6.92 Å². The average molecular weight is 180 g/mol. The highest BCUT2D eigenvalue weighted by atomic mass is 16.3. The Morgan fingerprint density at radius 3 is 2.62 bits per heavy atom. The third-order valence-electron chi connectivity index (χ3n) is 1.91. The summed E-state index contributed by atoms with van der Waals surface area (Å²) < 4.78 is 0. The van der Waals surface area contributed by atoms with Gasteiger partial charge >= 0.3 is 6.03 Å². The van der Waals surface area contributed by atoms with Crippen molar-refractivity contribution >= 4 is 11.7 Å². The van der Waals surface area contributed by atoms with E-state index in [1.807, 2.05) is 0 Å². The van der Waals surface area contributed by atoms with E-state index in [0.29, 0.717) is 5.69 Å². The molecule has 0 spiro atoms. The minimum atomic E-state index is -0.553. The molecule has 0 fully saturated rings. The fourth-order valence-corrected chi connectivity index (χ4v) is 0.934. The number of nitrogens with two attached hydrogens (primary N) is 1. The Labute approximate surface area is 76.6 Å². The van der Waals surface area contributed by atoms with Crippen LogP contribution in [-0.2, 0) is 0 Å². The maximum atomic E-state index is 10.8. The summed E-state index contributed by atoms with van der Waals surface area (Å²) in [6, 6.07) is 4.40. The number of hydrogen-bond donors (Lipinski definition) is 2. The minimum absolute atomic E-state index is 0.158. The number of carbonyl (C=O) groups excluding carboxylic acids is 1. The van der Waals surface area contributed by atoms with Gasteiger partial charge in [0, 0.05) is 18.8 Å². The zero-order valence-electron chi connectivity index (χ0n) is 7.61. The highest BCUT2D eigenvalue weighted by Gasteiger charge is 2.07. The summed E-state index contributed by atoms with van der Waals surface area (Å²) >= 11 is 0. The maximum Gasteiger partial charge on any atom is 0.318 e. The molecule has 13 heavy (non-hydrogen) atoms. The summed E-state index contributed by atoms with van der Waals surface area (Å²) in [6.07, 6.45) is 0. The van der Waals surface area contributed by atoms with Gasteiger partial charge in [0.2, 0.25) is 0 Å². The van der Waals surface area contributed by atoms with Gasteiger partial charge in [-0.25, -0.2) is 4.79 Å². The van der Waals surface area contributed by atoms with Crippen molar-refractivity contribution in [3.05, 3.63) is 23.8 Å². The summed E-state index contributed by atoms with van der Waals surface area (Å²) in [5.74, 6) is 0.158. The van der Waals surface area contributed by atoms with Crippen LogP contribution in [0.2, 0.25) is 0 Å². The number of rotatable bonds is 1. The van der Waals surface area contributed by atoms with Crippen molar-refractivity contribution in [1.82, 2.24) is 0 Å². The second kappa shape index (κ2) is 3.35. The smallest absolute Gasteiger partial charge is 0.318 e. The molecule has 0 aliphatic heterocycles. The molecule has 0 aliphatic rings. The average Bonchev–Trinajstić information content (AvgIpc) is 2.08. The predicted molar refractivity (Wildman–Crippen MR) is 50.8 cm³/mol. The number of phenols is 1. The molecule has 2 amide bonds. The van der Waals surface area contributed by atoms with Crippen LogP contribution in [0.15, 0.2) is 18.2 Å². The molecule has 1 aromatic rings. The second-order valence-electron chi connectivity index (χ2n) is 2.87. The van der Waals surface area contributed by atoms with E-state index in [1.165, 1.54) is 11.0 Å². The molecular weight excluding hydrogens is 168 g/mol. The van der Waals surface area contributed by atoms with Gasteiger partial charge in [-0.15, -0.1) is 0 Å². The number of phenolic OH excluding ortho intramolecular Hbond substituents is 1. The van der Waals surface area contributed by atoms with Crippen LogP contribution >= 0.6 is 0 Å². The largest absolute Gasteiger partial charge is 0.508 e. The van der Waals surface area contributed by atoms with Gasteiger partial charge in [-0.1, -0.05) is 6.07 Å². The summed E-state index contributed by atoms with van der Waals surface area (Å²) in [7, 11) is 1.55. The molecule has 0 unspecified atom stereocenters. The third kappa shape index (κ3) is 1.90. The highest BCUT2D eigenvalue weighted by Crippen LogP contribution is 2.22. The Morgan fingerprint density at radius 2 is 2.15 bits per heavy atom. The molecule has 0 heterocycles.